The molecular weight excluding hydrogens is 169 g/mol. The fourth-order valence-corrected chi connectivity index (χ4v) is 1.11. The highest BCUT2D eigenvalue weighted by atomic mass is 35.5. The van der Waals surface area contributed by atoms with Crippen LogP contribution in [0, 0.1) is 0 Å². The highest BCUT2D eigenvalue weighted by molar-refractivity contribution is 6.30. The van der Waals surface area contributed by atoms with Crippen LogP contribution in [0.2, 0.25) is 5.02 Å². The number of benzene rings is 1. The number of hydrogen-bond donors (Lipinski definition) is 1. The molecule has 0 spiro atoms. The largest absolute Gasteiger partial charge is 0.398 e. The van der Waals surface area contributed by atoms with Crippen LogP contribution in [0.4, 0.5) is 5.69 Å². The molecule has 54 valence electrons. The van der Waals surface area contributed by atoms with Gasteiger partial charge in [0, 0.05) is 16.6 Å². The SMILES string of the molecule is Nc1cc(Cl)ccc1CCl. The summed E-state index contributed by atoms with van der Waals surface area (Å²) in [6.07, 6.45) is 0. The van der Waals surface area contributed by atoms with Gasteiger partial charge in [0.2, 0.25) is 0 Å². The van der Waals surface area contributed by atoms with E-state index in [1.807, 2.05) is 6.07 Å². The topological polar surface area (TPSA) is 26.0 Å². The van der Waals surface area contributed by atoms with E-state index in [-0.39, 0.29) is 0 Å². The minimum absolute atomic E-state index is 0.434. The van der Waals surface area contributed by atoms with Crippen LogP contribution in [0.3, 0.4) is 0 Å². The van der Waals surface area contributed by atoms with E-state index in [2.05, 4.69) is 0 Å². The van der Waals surface area contributed by atoms with E-state index >= 15 is 0 Å². The first kappa shape index (κ1) is 7.70. The Bertz CT molecular complexity index is 235. The van der Waals surface area contributed by atoms with Crippen molar-refractivity contribution in [1.29, 1.82) is 0 Å². The summed E-state index contributed by atoms with van der Waals surface area (Å²) in [5, 5.41) is 0.645. The van der Waals surface area contributed by atoms with Crippen molar-refractivity contribution in [3.8, 4) is 0 Å². The summed E-state index contributed by atoms with van der Waals surface area (Å²) in [4.78, 5) is 0. The molecule has 0 atom stereocenters. The first-order valence-corrected chi connectivity index (χ1v) is 3.75. The van der Waals surface area contributed by atoms with E-state index in [1.54, 1.807) is 12.1 Å². The molecular formula is C7H7Cl2N. The molecule has 0 bridgehead atoms. The summed E-state index contributed by atoms with van der Waals surface area (Å²) < 4.78 is 0. The zero-order valence-corrected chi connectivity index (χ0v) is 6.78. The third kappa shape index (κ3) is 1.55. The number of hydrogen-bond acceptors (Lipinski definition) is 1. The fourth-order valence-electron chi connectivity index (χ4n) is 0.687. The molecule has 1 rings (SSSR count). The maximum Gasteiger partial charge on any atom is 0.0494 e. The van der Waals surface area contributed by atoms with Crippen molar-refractivity contribution in [2.24, 2.45) is 0 Å². The number of nitrogens with two attached hydrogens (primary N) is 1. The highest BCUT2D eigenvalue weighted by Crippen LogP contribution is 2.18. The van der Waals surface area contributed by atoms with Gasteiger partial charge in [0.25, 0.3) is 0 Å². The lowest BCUT2D eigenvalue weighted by Gasteiger charge is -1.99. The molecule has 0 amide bonds. The first-order chi connectivity index (χ1) is 4.74. The van der Waals surface area contributed by atoms with Crippen molar-refractivity contribution >= 4 is 28.9 Å². The van der Waals surface area contributed by atoms with Crippen molar-refractivity contribution < 1.29 is 0 Å². The number of alkyl halides is 1. The van der Waals surface area contributed by atoms with Crippen molar-refractivity contribution in [3.63, 3.8) is 0 Å². The Morgan fingerprint density at radius 2 is 2.10 bits per heavy atom. The van der Waals surface area contributed by atoms with Crippen molar-refractivity contribution in [2.45, 2.75) is 5.88 Å². The predicted molar refractivity (Wildman–Crippen MR) is 45.4 cm³/mol. The quantitative estimate of drug-likeness (QED) is 0.516. The first-order valence-electron chi connectivity index (χ1n) is 2.84. The summed E-state index contributed by atoms with van der Waals surface area (Å²) >= 11 is 11.2. The third-order valence-corrected chi connectivity index (χ3v) is 1.77. The van der Waals surface area contributed by atoms with Crippen LogP contribution in [0.1, 0.15) is 5.56 Å². The molecule has 0 fully saturated rings. The van der Waals surface area contributed by atoms with Gasteiger partial charge in [-0.25, -0.2) is 0 Å². The highest BCUT2D eigenvalue weighted by Gasteiger charge is 1.96. The summed E-state index contributed by atoms with van der Waals surface area (Å²) in [6, 6.07) is 5.29. The maximum atomic E-state index is 5.65. The Morgan fingerprint density at radius 1 is 1.40 bits per heavy atom. The van der Waals surface area contributed by atoms with Crippen LogP contribution in [0.15, 0.2) is 18.2 Å². The molecule has 0 aliphatic carbocycles. The molecule has 3 heteroatoms. The van der Waals surface area contributed by atoms with E-state index in [0.717, 1.165) is 5.56 Å². The maximum absolute atomic E-state index is 5.65. The van der Waals surface area contributed by atoms with Crippen LogP contribution in [-0.2, 0) is 5.88 Å². The van der Waals surface area contributed by atoms with Crippen molar-refractivity contribution in [1.82, 2.24) is 0 Å². The Hall–Kier alpha value is -0.400. The van der Waals surface area contributed by atoms with Crippen molar-refractivity contribution in [3.05, 3.63) is 28.8 Å². The summed E-state index contributed by atoms with van der Waals surface area (Å²) in [7, 11) is 0. The van der Waals surface area contributed by atoms with E-state index in [9.17, 15) is 0 Å². The Labute approximate surface area is 69.7 Å². The van der Waals surface area contributed by atoms with Gasteiger partial charge in [0.1, 0.15) is 0 Å². The molecule has 0 aliphatic heterocycles. The number of halogens is 2. The van der Waals surface area contributed by atoms with Crippen LogP contribution in [0.25, 0.3) is 0 Å². The molecule has 0 saturated heterocycles. The zero-order valence-electron chi connectivity index (χ0n) is 5.27. The average Bonchev–Trinajstić information content (AvgIpc) is 1.88. The minimum Gasteiger partial charge on any atom is -0.398 e. The molecule has 2 N–H and O–H groups in total. The van der Waals surface area contributed by atoms with Crippen LogP contribution >= 0.6 is 23.2 Å². The summed E-state index contributed by atoms with van der Waals surface area (Å²) in [6.45, 7) is 0. The molecule has 0 saturated carbocycles. The molecule has 0 aliphatic rings. The molecule has 1 nitrogen and oxygen atoms in total. The van der Waals surface area contributed by atoms with E-state index in [1.165, 1.54) is 0 Å². The van der Waals surface area contributed by atoms with Gasteiger partial charge in [0.15, 0.2) is 0 Å². The number of rotatable bonds is 1. The van der Waals surface area contributed by atoms with Crippen LogP contribution in [-0.4, -0.2) is 0 Å². The monoisotopic (exact) mass is 175 g/mol. The predicted octanol–water partition coefficient (Wildman–Crippen LogP) is 2.66. The van der Waals surface area contributed by atoms with E-state index < -0.39 is 0 Å². The molecule has 1 aromatic rings. The van der Waals surface area contributed by atoms with Gasteiger partial charge < -0.3 is 5.73 Å². The second-order valence-electron chi connectivity index (χ2n) is 1.98. The van der Waals surface area contributed by atoms with Gasteiger partial charge >= 0.3 is 0 Å². The lowest BCUT2D eigenvalue weighted by Crippen LogP contribution is -1.90. The van der Waals surface area contributed by atoms with Gasteiger partial charge in [-0.2, -0.15) is 0 Å². The van der Waals surface area contributed by atoms with E-state index in [4.69, 9.17) is 28.9 Å². The molecule has 0 heterocycles. The third-order valence-electron chi connectivity index (χ3n) is 1.25. The molecule has 0 radical (unpaired) electrons. The molecule has 1 aromatic carbocycles. The number of anilines is 1. The smallest absolute Gasteiger partial charge is 0.0494 e. The standard InChI is InChI=1S/C7H7Cl2N/c8-4-5-1-2-6(9)3-7(5)10/h1-3H,4,10H2. The summed E-state index contributed by atoms with van der Waals surface area (Å²) in [5.41, 5.74) is 7.14. The Balaban J connectivity index is 3.07. The van der Waals surface area contributed by atoms with Gasteiger partial charge in [-0.15, -0.1) is 11.6 Å². The molecule has 0 unspecified atom stereocenters. The van der Waals surface area contributed by atoms with Gasteiger partial charge in [-0.3, -0.25) is 0 Å². The van der Waals surface area contributed by atoms with Gasteiger partial charge in [0.05, 0.1) is 0 Å². The lowest BCUT2D eigenvalue weighted by atomic mass is 10.2. The second-order valence-corrected chi connectivity index (χ2v) is 2.68. The van der Waals surface area contributed by atoms with Crippen LogP contribution < -0.4 is 5.73 Å². The van der Waals surface area contributed by atoms with E-state index in [0.29, 0.717) is 16.6 Å². The second kappa shape index (κ2) is 3.13. The van der Waals surface area contributed by atoms with Gasteiger partial charge in [-0.1, -0.05) is 17.7 Å². The van der Waals surface area contributed by atoms with Crippen LogP contribution in [0.5, 0.6) is 0 Å². The normalized spacial score (nSPS) is 9.80. The summed E-state index contributed by atoms with van der Waals surface area (Å²) in [5.74, 6) is 0.434. The lowest BCUT2D eigenvalue weighted by molar-refractivity contribution is 1.41. The minimum atomic E-state index is 0.434. The average molecular weight is 176 g/mol. The molecule has 0 aromatic heterocycles. The van der Waals surface area contributed by atoms with Gasteiger partial charge in [-0.05, 0) is 17.7 Å². The zero-order chi connectivity index (χ0) is 7.56. The fraction of sp³-hybridized carbons (Fsp3) is 0.143. The Morgan fingerprint density at radius 3 is 2.60 bits per heavy atom. The molecule has 10 heavy (non-hydrogen) atoms. The van der Waals surface area contributed by atoms with Crippen molar-refractivity contribution in [2.75, 3.05) is 5.73 Å². The number of nitrogen functional groups attached to an aromatic ring is 1. The Kier molecular flexibility index (Phi) is 2.41.